The lowest BCUT2D eigenvalue weighted by atomic mass is 9.73. The Morgan fingerprint density at radius 3 is 2.34 bits per heavy atom. The summed E-state index contributed by atoms with van der Waals surface area (Å²) in [5.74, 6) is -1.45. The number of rotatable bonds is 4. The summed E-state index contributed by atoms with van der Waals surface area (Å²) in [5, 5.41) is 5.00. The van der Waals surface area contributed by atoms with Gasteiger partial charge in [-0.1, -0.05) is 24.3 Å². The molecule has 1 unspecified atom stereocenters. The monoisotopic (exact) mass is 428 g/mol. The molecule has 0 fully saturated rings. The average molecular weight is 428 g/mol. The van der Waals surface area contributed by atoms with Gasteiger partial charge in [-0.3, -0.25) is 4.99 Å². The number of ether oxygens (including phenoxy) is 1. The van der Waals surface area contributed by atoms with Gasteiger partial charge in [0, 0.05) is 6.21 Å². The van der Waals surface area contributed by atoms with E-state index in [9.17, 15) is 26.0 Å². The Bertz CT molecular complexity index is 1110. The third kappa shape index (κ3) is 4.33. The molecule has 10 heteroatoms. The summed E-state index contributed by atoms with van der Waals surface area (Å²) in [6.07, 6.45) is -0.123. The number of nitrogens with zero attached hydrogens (tertiary/aromatic N) is 1. The van der Waals surface area contributed by atoms with E-state index < -0.39 is 32.5 Å². The Kier molecular flexibility index (Phi) is 5.26. The largest absolute Gasteiger partial charge is 0.573 e. The zero-order valence-electron chi connectivity index (χ0n) is 15.1. The van der Waals surface area contributed by atoms with Gasteiger partial charge in [0.1, 0.15) is 16.5 Å². The van der Waals surface area contributed by atoms with Crippen molar-refractivity contribution >= 4 is 16.2 Å². The second-order valence-electron chi connectivity index (χ2n) is 6.54. The first-order valence-electron chi connectivity index (χ1n) is 8.30. The summed E-state index contributed by atoms with van der Waals surface area (Å²) in [4.78, 5) is 3.49. The van der Waals surface area contributed by atoms with Gasteiger partial charge in [0.05, 0.1) is 12.0 Å². The number of hydrogen-bond acceptors (Lipinski definition) is 4. The number of hydrogen-bond donors (Lipinski definition) is 1. The molecular formula is C19H16F4N2O3S. The summed E-state index contributed by atoms with van der Waals surface area (Å²) in [6, 6.07) is 7.65. The van der Waals surface area contributed by atoms with Crippen molar-refractivity contribution < 1.29 is 30.7 Å². The van der Waals surface area contributed by atoms with Crippen LogP contribution in [0.15, 0.2) is 58.4 Å². The molecule has 5 nitrogen and oxygen atoms in total. The minimum absolute atomic E-state index is 0.0756. The Balaban J connectivity index is 2.17. The second kappa shape index (κ2) is 7.27. The third-order valence-electron chi connectivity index (χ3n) is 4.60. The second-order valence-corrected chi connectivity index (χ2v) is 8.07. The van der Waals surface area contributed by atoms with E-state index >= 15 is 0 Å². The smallest absolute Gasteiger partial charge is 0.406 e. The van der Waals surface area contributed by atoms with Crippen LogP contribution < -0.4 is 9.88 Å². The fourth-order valence-electron chi connectivity index (χ4n) is 3.18. The fourth-order valence-corrected chi connectivity index (χ4v) is 3.77. The van der Waals surface area contributed by atoms with Gasteiger partial charge in [-0.25, -0.2) is 17.9 Å². The molecule has 2 aromatic carbocycles. The SMILES string of the molecule is Cc1ccc(C2(c3ccc(S(N)(=O)=O)c(F)c3)C=CC=NC2)cc1OC(F)(F)F. The molecule has 0 saturated heterocycles. The van der Waals surface area contributed by atoms with Crippen molar-refractivity contribution in [2.24, 2.45) is 10.1 Å². The summed E-state index contributed by atoms with van der Waals surface area (Å²) >= 11 is 0. The molecular weight excluding hydrogens is 412 g/mol. The molecule has 0 amide bonds. The van der Waals surface area contributed by atoms with E-state index in [4.69, 9.17) is 5.14 Å². The predicted octanol–water partition coefficient (Wildman–Crippen LogP) is 3.61. The fraction of sp³-hybridized carbons (Fsp3) is 0.211. The standard InChI is InChI=1S/C19H16F4N2O3S/c1-12-3-4-14(10-16(12)28-19(21,22)23)18(7-2-8-25-11-18)13-5-6-17(15(20)9-13)29(24,26)27/h2-10H,11H2,1H3,(H2,24,26,27). The number of primary sulfonamides is 1. The first-order chi connectivity index (χ1) is 13.4. The third-order valence-corrected chi connectivity index (χ3v) is 5.54. The molecule has 0 saturated carbocycles. The molecule has 2 N–H and O–H groups in total. The highest BCUT2D eigenvalue weighted by molar-refractivity contribution is 7.89. The average Bonchev–Trinajstić information content (AvgIpc) is 2.62. The Morgan fingerprint density at radius 1 is 1.14 bits per heavy atom. The topological polar surface area (TPSA) is 81.8 Å². The number of halogens is 4. The van der Waals surface area contributed by atoms with Gasteiger partial charge in [0.25, 0.3) is 0 Å². The van der Waals surface area contributed by atoms with E-state index in [1.807, 2.05) is 0 Å². The molecule has 2 aromatic rings. The maximum Gasteiger partial charge on any atom is 0.573 e. The quantitative estimate of drug-likeness (QED) is 0.756. The van der Waals surface area contributed by atoms with E-state index in [1.165, 1.54) is 31.3 Å². The zero-order chi connectivity index (χ0) is 21.4. The van der Waals surface area contributed by atoms with Crippen molar-refractivity contribution in [2.45, 2.75) is 23.6 Å². The number of alkyl halides is 3. The lowest BCUT2D eigenvalue weighted by molar-refractivity contribution is -0.274. The number of aryl methyl sites for hydroxylation is 1. The van der Waals surface area contributed by atoms with E-state index in [2.05, 4.69) is 9.73 Å². The van der Waals surface area contributed by atoms with Gasteiger partial charge in [-0.05, 0) is 47.9 Å². The Labute approximate surface area is 164 Å². The minimum Gasteiger partial charge on any atom is -0.406 e. The summed E-state index contributed by atoms with van der Waals surface area (Å²) in [6.45, 7) is 1.54. The molecule has 1 atom stereocenters. The number of aliphatic imine (C=N–C) groups is 1. The van der Waals surface area contributed by atoms with E-state index in [0.29, 0.717) is 11.1 Å². The number of allylic oxidation sites excluding steroid dienone is 1. The highest BCUT2D eigenvalue weighted by atomic mass is 32.2. The van der Waals surface area contributed by atoms with Crippen molar-refractivity contribution in [2.75, 3.05) is 6.54 Å². The highest BCUT2D eigenvalue weighted by Crippen LogP contribution is 2.39. The van der Waals surface area contributed by atoms with Crippen LogP contribution in [0.1, 0.15) is 16.7 Å². The first-order valence-corrected chi connectivity index (χ1v) is 9.84. The molecule has 0 spiro atoms. The van der Waals surface area contributed by atoms with Crippen LogP contribution in [0.5, 0.6) is 5.75 Å². The van der Waals surface area contributed by atoms with Gasteiger partial charge in [-0.2, -0.15) is 0 Å². The summed E-state index contributed by atoms with van der Waals surface area (Å²) in [5.41, 5.74) is -0.181. The van der Waals surface area contributed by atoms with Crippen molar-refractivity contribution in [1.82, 2.24) is 0 Å². The van der Waals surface area contributed by atoms with E-state index in [0.717, 1.165) is 12.1 Å². The molecule has 1 heterocycles. The van der Waals surface area contributed by atoms with Crippen LogP contribution in [0.3, 0.4) is 0 Å². The maximum absolute atomic E-state index is 14.5. The Hall–Kier alpha value is -2.72. The molecule has 0 aliphatic carbocycles. The molecule has 0 aromatic heterocycles. The maximum atomic E-state index is 14.5. The molecule has 3 rings (SSSR count). The molecule has 0 bridgehead atoms. The van der Waals surface area contributed by atoms with Gasteiger partial charge in [-0.15, -0.1) is 13.2 Å². The van der Waals surface area contributed by atoms with Crippen molar-refractivity contribution in [3.63, 3.8) is 0 Å². The summed E-state index contributed by atoms with van der Waals surface area (Å²) < 4.78 is 79.8. The molecule has 1 aliphatic heterocycles. The zero-order valence-corrected chi connectivity index (χ0v) is 15.9. The molecule has 154 valence electrons. The van der Waals surface area contributed by atoms with Crippen molar-refractivity contribution in [3.05, 3.63) is 71.1 Å². The van der Waals surface area contributed by atoms with Crippen LogP contribution in [0.25, 0.3) is 0 Å². The van der Waals surface area contributed by atoms with Crippen molar-refractivity contribution in [3.8, 4) is 5.75 Å². The molecule has 1 aliphatic rings. The van der Waals surface area contributed by atoms with Crippen LogP contribution in [0.4, 0.5) is 17.6 Å². The van der Waals surface area contributed by atoms with Crippen LogP contribution in [0, 0.1) is 12.7 Å². The van der Waals surface area contributed by atoms with Gasteiger partial charge >= 0.3 is 6.36 Å². The van der Waals surface area contributed by atoms with Crippen LogP contribution in [-0.4, -0.2) is 27.5 Å². The number of dihydropyridines is 1. The number of nitrogens with two attached hydrogens (primary N) is 1. The Morgan fingerprint density at radius 2 is 1.79 bits per heavy atom. The van der Waals surface area contributed by atoms with Gasteiger partial charge in [0.15, 0.2) is 0 Å². The lowest BCUT2D eigenvalue weighted by Gasteiger charge is -2.32. The van der Waals surface area contributed by atoms with E-state index in [-0.39, 0.29) is 17.9 Å². The van der Waals surface area contributed by atoms with Crippen LogP contribution >= 0.6 is 0 Å². The predicted molar refractivity (Wildman–Crippen MR) is 98.9 cm³/mol. The minimum atomic E-state index is -4.87. The van der Waals surface area contributed by atoms with Gasteiger partial charge < -0.3 is 4.74 Å². The van der Waals surface area contributed by atoms with Crippen LogP contribution in [-0.2, 0) is 15.4 Å². The first kappa shape index (κ1) is 21.0. The number of sulfonamides is 1. The normalized spacial score (nSPS) is 19.4. The number of benzene rings is 2. The van der Waals surface area contributed by atoms with Crippen molar-refractivity contribution in [1.29, 1.82) is 0 Å². The molecule has 29 heavy (non-hydrogen) atoms. The van der Waals surface area contributed by atoms with Gasteiger partial charge in [0.2, 0.25) is 10.0 Å². The summed E-state index contributed by atoms with van der Waals surface area (Å²) in [7, 11) is -4.27. The highest BCUT2D eigenvalue weighted by Gasteiger charge is 2.36. The van der Waals surface area contributed by atoms with Crippen LogP contribution in [0.2, 0.25) is 0 Å². The van der Waals surface area contributed by atoms with E-state index in [1.54, 1.807) is 18.2 Å². The lowest BCUT2D eigenvalue weighted by Crippen LogP contribution is -2.31. The molecule has 0 radical (unpaired) electrons.